The summed E-state index contributed by atoms with van der Waals surface area (Å²) in [6.45, 7) is 7.33. The Kier molecular flexibility index (Phi) is 2.70. The van der Waals surface area contributed by atoms with Gasteiger partial charge in [-0.15, -0.1) is 0 Å². The van der Waals surface area contributed by atoms with Gasteiger partial charge in [0.25, 0.3) is 0 Å². The highest BCUT2D eigenvalue weighted by Gasteiger charge is 2.37. The maximum Gasteiger partial charge on any atom is 0.0320 e. The largest absolute Gasteiger partial charge is 0.316 e. The zero-order valence-electron chi connectivity index (χ0n) is 9.89. The van der Waals surface area contributed by atoms with Crippen LogP contribution in [0.2, 0.25) is 0 Å². The van der Waals surface area contributed by atoms with Crippen LogP contribution in [0, 0.1) is 11.8 Å². The minimum absolute atomic E-state index is 0.576. The first-order valence-corrected chi connectivity index (χ1v) is 6.34. The Morgan fingerprint density at radius 3 is 2.38 bits per heavy atom. The highest BCUT2D eigenvalue weighted by Crippen LogP contribution is 2.32. The zero-order valence-corrected chi connectivity index (χ0v) is 9.89. The number of nitrogens with one attached hydrogen (secondary N) is 1. The first-order chi connectivity index (χ1) is 7.84. The first kappa shape index (κ1) is 10.3. The minimum atomic E-state index is 0.576. The van der Waals surface area contributed by atoms with Crippen molar-refractivity contribution in [3.8, 4) is 0 Å². The molecule has 3 rings (SSSR count). The Morgan fingerprint density at radius 1 is 1.12 bits per heavy atom. The fourth-order valence-corrected chi connectivity index (χ4v) is 3.15. The van der Waals surface area contributed by atoms with Gasteiger partial charge in [0.2, 0.25) is 0 Å². The van der Waals surface area contributed by atoms with E-state index in [0.717, 1.165) is 11.8 Å². The van der Waals surface area contributed by atoms with Crippen molar-refractivity contribution < 1.29 is 0 Å². The number of hydrogen-bond donors (Lipinski definition) is 1. The van der Waals surface area contributed by atoms with Crippen molar-refractivity contribution in [1.82, 2.24) is 10.2 Å². The lowest BCUT2D eigenvalue weighted by molar-refractivity contribution is 0.244. The molecule has 1 aromatic rings. The van der Waals surface area contributed by atoms with E-state index in [1.165, 1.54) is 31.7 Å². The Labute approximate surface area is 97.6 Å². The molecule has 0 saturated carbocycles. The lowest BCUT2D eigenvalue weighted by Gasteiger charge is -2.25. The predicted molar refractivity (Wildman–Crippen MR) is 66.3 cm³/mol. The number of likely N-dealkylation sites (tertiary alicyclic amines) is 1. The maximum atomic E-state index is 3.50. The summed E-state index contributed by atoms with van der Waals surface area (Å²) in [5.41, 5.74) is 1.45. The molecule has 0 spiro atoms. The van der Waals surface area contributed by atoms with Crippen LogP contribution >= 0.6 is 0 Å². The molecule has 2 saturated heterocycles. The molecule has 0 bridgehead atoms. The van der Waals surface area contributed by atoms with E-state index in [9.17, 15) is 0 Å². The molecule has 2 aliphatic heterocycles. The fourth-order valence-electron chi connectivity index (χ4n) is 3.15. The van der Waals surface area contributed by atoms with Crippen molar-refractivity contribution in [2.75, 3.05) is 26.2 Å². The van der Waals surface area contributed by atoms with E-state index in [4.69, 9.17) is 0 Å². The highest BCUT2D eigenvalue weighted by atomic mass is 15.2. The average molecular weight is 216 g/mol. The van der Waals surface area contributed by atoms with Gasteiger partial charge in [-0.2, -0.15) is 0 Å². The van der Waals surface area contributed by atoms with E-state index in [2.05, 4.69) is 47.5 Å². The normalized spacial score (nSPS) is 31.6. The lowest BCUT2D eigenvalue weighted by atomic mass is 10.0. The van der Waals surface area contributed by atoms with Crippen LogP contribution in [-0.2, 0) is 0 Å². The summed E-state index contributed by atoms with van der Waals surface area (Å²) in [6, 6.07) is 11.5. The molecule has 16 heavy (non-hydrogen) atoms. The topological polar surface area (TPSA) is 15.3 Å². The van der Waals surface area contributed by atoms with Crippen LogP contribution in [0.15, 0.2) is 30.3 Å². The summed E-state index contributed by atoms with van der Waals surface area (Å²) in [6.07, 6.45) is 0. The van der Waals surface area contributed by atoms with Gasteiger partial charge in [-0.1, -0.05) is 30.3 Å². The number of nitrogens with zero attached hydrogens (tertiary/aromatic N) is 1. The van der Waals surface area contributed by atoms with Gasteiger partial charge in [0, 0.05) is 19.1 Å². The molecule has 86 valence electrons. The smallest absolute Gasteiger partial charge is 0.0320 e. The fraction of sp³-hybridized carbons (Fsp3) is 0.571. The summed E-state index contributed by atoms with van der Waals surface area (Å²) in [7, 11) is 0. The molecule has 2 heterocycles. The van der Waals surface area contributed by atoms with Crippen molar-refractivity contribution in [3.05, 3.63) is 35.9 Å². The Hall–Kier alpha value is -0.860. The van der Waals surface area contributed by atoms with Gasteiger partial charge in [-0.3, -0.25) is 4.90 Å². The van der Waals surface area contributed by atoms with Crippen molar-refractivity contribution >= 4 is 0 Å². The number of fused-ring (bicyclic) bond motifs is 1. The van der Waals surface area contributed by atoms with Crippen molar-refractivity contribution in [2.45, 2.75) is 13.0 Å². The Bertz CT molecular complexity index is 337. The summed E-state index contributed by atoms with van der Waals surface area (Å²) in [5.74, 6) is 1.79. The van der Waals surface area contributed by atoms with Crippen molar-refractivity contribution in [2.24, 2.45) is 11.8 Å². The SMILES string of the molecule is CC(c1ccccc1)N1CC2CNCC2C1. The third-order valence-electron chi connectivity index (χ3n) is 4.25. The average Bonchev–Trinajstić information content (AvgIpc) is 2.89. The quantitative estimate of drug-likeness (QED) is 0.812. The standard InChI is InChI=1S/C14H20N2/c1-11(12-5-3-2-4-6-12)16-9-13-7-15-8-14(13)10-16/h2-6,11,13-15H,7-10H2,1H3. The molecule has 2 fully saturated rings. The van der Waals surface area contributed by atoms with E-state index in [1.54, 1.807) is 0 Å². The van der Waals surface area contributed by atoms with Crippen LogP contribution in [0.5, 0.6) is 0 Å². The molecule has 0 aromatic heterocycles. The highest BCUT2D eigenvalue weighted by molar-refractivity contribution is 5.18. The van der Waals surface area contributed by atoms with Gasteiger partial charge in [-0.25, -0.2) is 0 Å². The van der Waals surface area contributed by atoms with E-state index >= 15 is 0 Å². The minimum Gasteiger partial charge on any atom is -0.316 e. The van der Waals surface area contributed by atoms with Gasteiger partial charge < -0.3 is 5.32 Å². The summed E-state index contributed by atoms with van der Waals surface area (Å²) in [5, 5.41) is 3.50. The molecule has 2 nitrogen and oxygen atoms in total. The molecule has 1 aromatic carbocycles. The molecule has 2 aliphatic rings. The van der Waals surface area contributed by atoms with Gasteiger partial charge in [0.05, 0.1) is 0 Å². The second kappa shape index (κ2) is 4.19. The van der Waals surface area contributed by atoms with Crippen LogP contribution in [0.25, 0.3) is 0 Å². The molecule has 0 aliphatic carbocycles. The zero-order chi connectivity index (χ0) is 11.0. The molecular formula is C14H20N2. The Morgan fingerprint density at radius 2 is 1.75 bits per heavy atom. The van der Waals surface area contributed by atoms with Crippen LogP contribution in [0.3, 0.4) is 0 Å². The third kappa shape index (κ3) is 1.76. The molecule has 0 radical (unpaired) electrons. The third-order valence-corrected chi connectivity index (χ3v) is 4.25. The van der Waals surface area contributed by atoms with Crippen molar-refractivity contribution in [1.29, 1.82) is 0 Å². The van der Waals surface area contributed by atoms with E-state index in [-0.39, 0.29) is 0 Å². The monoisotopic (exact) mass is 216 g/mol. The molecule has 3 atom stereocenters. The summed E-state index contributed by atoms with van der Waals surface area (Å²) in [4.78, 5) is 2.64. The van der Waals surface area contributed by atoms with Crippen LogP contribution in [0.1, 0.15) is 18.5 Å². The van der Waals surface area contributed by atoms with Crippen LogP contribution in [0.4, 0.5) is 0 Å². The van der Waals surface area contributed by atoms with Crippen molar-refractivity contribution in [3.63, 3.8) is 0 Å². The number of rotatable bonds is 2. The number of benzene rings is 1. The Balaban J connectivity index is 1.71. The predicted octanol–water partition coefficient (Wildman–Crippen LogP) is 1.90. The van der Waals surface area contributed by atoms with Gasteiger partial charge >= 0.3 is 0 Å². The van der Waals surface area contributed by atoms with E-state index < -0.39 is 0 Å². The van der Waals surface area contributed by atoms with Gasteiger partial charge in [-0.05, 0) is 37.4 Å². The van der Waals surface area contributed by atoms with E-state index in [1.807, 2.05) is 0 Å². The molecule has 1 N–H and O–H groups in total. The number of hydrogen-bond acceptors (Lipinski definition) is 2. The maximum absolute atomic E-state index is 3.50. The molecule has 2 heteroatoms. The van der Waals surface area contributed by atoms with Crippen LogP contribution in [-0.4, -0.2) is 31.1 Å². The second-order valence-electron chi connectivity index (χ2n) is 5.22. The van der Waals surface area contributed by atoms with Gasteiger partial charge in [0.15, 0.2) is 0 Å². The molecule has 3 unspecified atom stereocenters. The van der Waals surface area contributed by atoms with Crippen LogP contribution < -0.4 is 5.32 Å². The van der Waals surface area contributed by atoms with Gasteiger partial charge in [0.1, 0.15) is 0 Å². The lowest BCUT2D eigenvalue weighted by Crippen LogP contribution is -2.28. The molecule has 0 amide bonds. The second-order valence-corrected chi connectivity index (χ2v) is 5.22. The summed E-state index contributed by atoms with van der Waals surface area (Å²) < 4.78 is 0. The van der Waals surface area contributed by atoms with E-state index in [0.29, 0.717) is 6.04 Å². The first-order valence-electron chi connectivity index (χ1n) is 6.34. The summed E-state index contributed by atoms with van der Waals surface area (Å²) >= 11 is 0. The molecular weight excluding hydrogens is 196 g/mol.